The van der Waals surface area contributed by atoms with Gasteiger partial charge in [-0.05, 0) is 31.0 Å². The summed E-state index contributed by atoms with van der Waals surface area (Å²) in [5.41, 5.74) is 6.83. The first-order chi connectivity index (χ1) is 8.16. The van der Waals surface area contributed by atoms with Crippen molar-refractivity contribution in [1.29, 1.82) is 0 Å². The number of nitrogens with one attached hydrogen (secondary N) is 1. The zero-order chi connectivity index (χ0) is 12.3. The van der Waals surface area contributed by atoms with Crippen molar-refractivity contribution >= 4 is 39.9 Å². The van der Waals surface area contributed by atoms with Gasteiger partial charge in [0.25, 0.3) is 5.91 Å². The van der Waals surface area contributed by atoms with Crippen molar-refractivity contribution in [2.75, 3.05) is 18.9 Å². The molecule has 1 heterocycles. The minimum Gasteiger partial charge on any atom is -0.398 e. The number of ether oxygens (including phenoxy) is 1. The van der Waals surface area contributed by atoms with E-state index in [4.69, 9.17) is 10.5 Å². The summed E-state index contributed by atoms with van der Waals surface area (Å²) in [5.74, 6) is -0.109. The molecule has 0 spiro atoms. The molecule has 0 bridgehead atoms. The molecule has 0 aliphatic carbocycles. The van der Waals surface area contributed by atoms with Crippen LogP contribution < -0.4 is 11.1 Å². The summed E-state index contributed by atoms with van der Waals surface area (Å²) in [5, 5.41) is 2.98. The van der Waals surface area contributed by atoms with E-state index in [-0.39, 0.29) is 24.4 Å². The number of rotatable bonds is 2. The maximum Gasteiger partial charge on any atom is 0.253 e. The molecule has 1 aromatic rings. The Hall–Kier alpha value is -0.780. The molecule has 3 N–H and O–H groups in total. The van der Waals surface area contributed by atoms with E-state index in [0.29, 0.717) is 24.5 Å². The van der Waals surface area contributed by atoms with Crippen molar-refractivity contribution in [3.63, 3.8) is 0 Å². The van der Waals surface area contributed by atoms with Crippen molar-refractivity contribution in [1.82, 2.24) is 5.32 Å². The third-order valence-electron chi connectivity index (χ3n) is 2.81. The van der Waals surface area contributed by atoms with Gasteiger partial charge in [-0.2, -0.15) is 0 Å². The second-order valence-corrected chi connectivity index (χ2v) is 5.01. The summed E-state index contributed by atoms with van der Waals surface area (Å²) in [7, 11) is 0. The van der Waals surface area contributed by atoms with Crippen molar-refractivity contribution in [2.45, 2.75) is 18.9 Å². The van der Waals surface area contributed by atoms with Crippen LogP contribution in [0.4, 0.5) is 5.69 Å². The van der Waals surface area contributed by atoms with E-state index in [1.165, 1.54) is 0 Å². The molecule has 6 heteroatoms. The number of nitrogens with two attached hydrogens (primary N) is 1. The highest BCUT2D eigenvalue weighted by Gasteiger charge is 2.18. The fraction of sp³-hybridized carbons (Fsp3) is 0.417. The lowest BCUT2D eigenvalue weighted by molar-refractivity contribution is 0.0697. The molecule has 0 radical (unpaired) electrons. The predicted molar refractivity (Wildman–Crippen MR) is 77.1 cm³/mol. The van der Waals surface area contributed by atoms with E-state index < -0.39 is 0 Å². The van der Waals surface area contributed by atoms with Crippen LogP contribution in [0.5, 0.6) is 0 Å². The molecule has 1 aliphatic rings. The van der Waals surface area contributed by atoms with Crippen LogP contribution in [0.3, 0.4) is 0 Å². The number of hydrogen-bond acceptors (Lipinski definition) is 3. The van der Waals surface area contributed by atoms with Crippen molar-refractivity contribution in [3.05, 3.63) is 28.2 Å². The van der Waals surface area contributed by atoms with E-state index in [2.05, 4.69) is 21.2 Å². The fourth-order valence-corrected chi connectivity index (χ4v) is 2.22. The molecular weight excluding hydrogens is 320 g/mol. The monoisotopic (exact) mass is 334 g/mol. The lowest BCUT2D eigenvalue weighted by atomic mass is 10.1. The van der Waals surface area contributed by atoms with Gasteiger partial charge in [0.2, 0.25) is 0 Å². The first-order valence-electron chi connectivity index (χ1n) is 5.60. The van der Waals surface area contributed by atoms with E-state index in [1.54, 1.807) is 12.1 Å². The van der Waals surface area contributed by atoms with Gasteiger partial charge in [0.05, 0.1) is 5.56 Å². The maximum atomic E-state index is 12.0. The van der Waals surface area contributed by atoms with E-state index in [1.807, 2.05) is 6.07 Å². The normalized spacial score (nSPS) is 15.8. The van der Waals surface area contributed by atoms with Crippen LogP contribution in [-0.2, 0) is 4.74 Å². The van der Waals surface area contributed by atoms with Gasteiger partial charge < -0.3 is 15.8 Å². The Balaban J connectivity index is 0.00000162. The molecule has 100 valence electrons. The number of amides is 1. The lowest BCUT2D eigenvalue weighted by Gasteiger charge is -2.23. The number of carbonyl (C=O) groups is 1. The third kappa shape index (κ3) is 3.86. The zero-order valence-electron chi connectivity index (χ0n) is 9.82. The van der Waals surface area contributed by atoms with Gasteiger partial charge in [-0.3, -0.25) is 4.79 Å². The zero-order valence-corrected chi connectivity index (χ0v) is 12.2. The summed E-state index contributed by atoms with van der Waals surface area (Å²) >= 11 is 3.32. The van der Waals surface area contributed by atoms with Gasteiger partial charge in [0.15, 0.2) is 0 Å². The molecular formula is C12H16BrClN2O2. The Bertz CT molecular complexity index is 423. The first kappa shape index (κ1) is 15.3. The number of anilines is 1. The van der Waals surface area contributed by atoms with Crippen LogP contribution in [0.2, 0.25) is 0 Å². The molecule has 1 amide bonds. The van der Waals surface area contributed by atoms with E-state index in [0.717, 1.165) is 17.3 Å². The van der Waals surface area contributed by atoms with Crippen molar-refractivity contribution in [2.24, 2.45) is 0 Å². The molecule has 0 atom stereocenters. The van der Waals surface area contributed by atoms with Crippen molar-refractivity contribution < 1.29 is 9.53 Å². The number of carbonyl (C=O) groups excluding carboxylic acids is 1. The van der Waals surface area contributed by atoms with Crippen molar-refractivity contribution in [3.8, 4) is 0 Å². The summed E-state index contributed by atoms with van der Waals surface area (Å²) in [6.45, 7) is 1.42. The second-order valence-electron chi connectivity index (χ2n) is 4.09. The number of nitrogen functional groups attached to an aromatic ring is 1. The van der Waals surface area contributed by atoms with Gasteiger partial charge >= 0.3 is 0 Å². The van der Waals surface area contributed by atoms with Gasteiger partial charge in [0.1, 0.15) is 0 Å². The molecule has 1 fully saturated rings. The quantitative estimate of drug-likeness (QED) is 0.816. The summed E-state index contributed by atoms with van der Waals surface area (Å²) in [4.78, 5) is 12.0. The van der Waals surface area contributed by atoms with Crippen LogP contribution in [0.25, 0.3) is 0 Å². The summed E-state index contributed by atoms with van der Waals surface area (Å²) in [6.07, 6.45) is 1.73. The van der Waals surface area contributed by atoms with Gasteiger partial charge in [-0.25, -0.2) is 0 Å². The molecule has 4 nitrogen and oxygen atoms in total. The van der Waals surface area contributed by atoms with Crippen LogP contribution in [0, 0.1) is 0 Å². The Kier molecular flexibility index (Phi) is 5.91. The molecule has 1 aliphatic heterocycles. The van der Waals surface area contributed by atoms with E-state index >= 15 is 0 Å². The topological polar surface area (TPSA) is 64.4 Å². The molecule has 0 unspecified atom stereocenters. The number of halogens is 2. The summed E-state index contributed by atoms with van der Waals surface area (Å²) < 4.78 is 6.12. The minimum absolute atomic E-state index is 0. The van der Waals surface area contributed by atoms with Crippen LogP contribution in [0.15, 0.2) is 22.7 Å². The molecule has 18 heavy (non-hydrogen) atoms. The molecule has 2 rings (SSSR count). The van der Waals surface area contributed by atoms with Crippen LogP contribution >= 0.6 is 28.3 Å². The van der Waals surface area contributed by atoms with Gasteiger partial charge in [0, 0.05) is 29.4 Å². The smallest absolute Gasteiger partial charge is 0.253 e. The number of benzene rings is 1. The lowest BCUT2D eigenvalue weighted by Crippen LogP contribution is -2.39. The maximum absolute atomic E-state index is 12.0. The molecule has 0 saturated carbocycles. The molecule has 1 saturated heterocycles. The number of hydrogen-bond donors (Lipinski definition) is 2. The second kappa shape index (κ2) is 6.97. The average Bonchev–Trinajstić information content (AvgIpc) is 2.30. The average molecular weight is 336 g/mol. The summed E-state index contributed by atoms with van der Waals surface area (Å²) in [6, 6.07) is 5.47. The standard InChI is InChI=1S/C12H15BrN2O2.ClH/c13-8-1-2-10(11(14)7-8)12(16)15-9-3-5-17-6-4-9;/h1-2,7,9H,3-6,14H2,(H,15,16);1H. The Labute approximate surface area is 121 Å². The largest absolute Gasteiger partial charge is 0.398 e. The predicted octanol–water partition coefficient (Wildman–Crippen LogP) is 2.36. The highest BCUT2D eigenvalue weighted by Crippen LogP contribution is 2.19. The van der Waals surface area contributed by atoms with Gasteiger partial charge in [-0.1, -0.05) is 15.9 Å². The Morgan fingerprint density at radius 1 is 1.39 bits per heavy atom. The van der Waals surface area contributed by atoms with Gasteiger partial charge in [-0.15, -0.1) is 12.4 Å². The minimum atomic E-state index is -0.109. The van der Waals surface area contributed by atoms with Crippen LogP contribution in [0.1, 0.15) is 23.2 Å². The molecule has 1 aromatic carbocycles. The fourth-order valence-electron chi connectivity index (χ4n) is 1.85. The highest BCUT2D eigenvalue weighted by molar-refractivity contribution is 9.10. The SMILES string of the molecule is Cl.Nc1cc(Br)ccc1C(=O)NC1CCOCC1. The van der Waals surface area contributed by atoms with Crippen LogP contribution in [-0.4, -0.2) is 25.2 Å². The first-order valence-corrected chi connectivity index (χ1v) is 6.40. The molecule has 0 aromatic heterocycles. The van der Waals surface area contributed by atoms with E-state index in [9.17, 15) is 4.79 Å². The highest BCUT2D eigenvalue weighted by atomic mass is 79.9. The third-order valence-corrected chi connectivity index (χ3v) is 3.31. The Morgan fingerprint density at radius 2 is 2.06 bits per heavy atom. The Morgan fingerprint density at radius 3 is 2.67 bits per heavy atom.